The zero-order valence-electron chi connectivity index (χ0n) is 21.8. The molecular weight excluding hydrogens is 503 g/mol. The summed E-state index contributed by atoms with van der Waals surface area (Å²) >= 11 is 0. The van der Waals surface area contributed by atoms with Crippen molar-refractivity contribution in [1.82, 2.24) is 14.7 Å². The van der Waals surface area contributed by atoms with Gasteiger partial charge in [0, 0.05) is 31.7 Å². The standard InChI is InChI=1S/C31H32F3N3O2/c1-35-15-14-29(28(34)20-35)36(18-22-8-4-2-5-9-22)30(39)37-19-23(26-16-25(32)12-13-27(26)33)17-31(37,21-38)24-10-6-3-7-11-24/h2-13,16-17,28-29,38H,14-15,18-21H2,1H3/t28?,29?,31-/m1/s1. The number of nitrogens with zero attached hydrogens (tertiary/aromatic N) is 3. The van der Waals surface area contributed by atoms with Gasteiger partial charge in [-0.1, -0.05) is 60.7 Å². The number of rotatable bonds is 6. The number of aliphatic hydroxyl groups is 1. The lowest BCUT2D eigenvalue weighted by atomic mass is 9.89. The van der Waals surface area contributed by atoms with Gasteiger partial charge in [0.2, 0.25) is 0 Å². The molecule has 3 atom stereocenters. The van der Waals surface area contributed by atoms with Gasteiger partial charge in [-0.25, -0.2) is 18.0 Å². The zero-order chi connectivity index (χ0) is 27.6. The van der Waals surface area contributed by atoms with Crippen LogP contribution < -0.4 is 0 Å². The highest BCUT2D eigenvalue weighted by Crippen LogP contribution is 2.42. The maximum absolute atomic E-state index is 15.5. The summed E-state index contributed by atoms with van der Waals surface area (Å²) in [5.74, 6) is -1.24. The summed E-state index contributed by atoms with van der Waals surface area (Å²) in [5.41, 5.74) is 0.510. The zero-order valence-corrected chi connectivity index (χ0v) is 21.8. The van der Waals surface area contributed by atoms with E-state index in [0.717, 1.165) is 23.8 Å². The predicted octanol–water partition coefficient (Wildman–Crippen LogP) is 5.22. The molecule has 2 unspecified atom stereocenters. The molecular formula is C31H32F3N3O2. The van der Waals surface area contributed by atoms with Gasteiger partial charge >= 0.3 is 6.03 Å². The number of benzene rings is 3. The summed E-state index contributed by atoms with van der Waals surface area (Å²) < 4.78 is 44.6. The van der Waals surface area contributed by atoms with Crippen molar-refractivity contribution in [1.29, 1.82) is 0 Å². The first-order chi connectivity index (χ1) is 18.8. The number of hydrogen-bond donors (Lipinski definition) is 1. The molecule has 2 amide bonds. The van der Waals surface area contributed by atoms with Crippen LogP contribution in [0.15, 0.2) is 84.9 Å². The molecule has 2 aliphatic rings. The fourth-order valence-corrected chi connectivity index (χ4v) is 5.71. The second-order valence-corrected chi connectivity index (χ2v) is 10.4. The first-order valence-corrected chi connectivity index (χ1v) is 13.1. The van der Waals surface area contributed by atoms with Crippen LogP contribution in [-0.2, 0) is 12.1 Å². The summed E-state index contributed by atoms with van der Waals surface area (Å²) in [6.45, 7) is 0.430. The number of carbonyl (C=O) groups is 1. The summed E-state index contributed by atoms with van der Waals surface area (Å²) in [6.07, 6.45) is 0.813. The van der Waals surface area contributed by atoms with Crippen LogP contribution in [0.3, 0.4) is 0 Å². The molecule has 3 aromatic rings. The number of urea groups is 1. The minimum absolute atomic E-state index is 0.0244. The Bertz CT molecular complexity index is 1340. The molecule has 0 bridgehead atoms. The highest BCUT2D eigenvalue weighted by molar-refractivity contribution is 5.84. The van der Waals surface area contributed by atoms with Crippen LogP contribution in [0.1, 0.15) is 23.1 Å². The van der Waals surface area contributed by atoms with Gasteiger partial charge in [-0.15, -0.1) is 0 Å². The lowest BCUT2D eigenvalue weighted by Crippen LogP contribution is -2.59. The Hall–Kier alpha value is -3.62. The minimum Gasteiger partial charge on any atom is -0.393 e. The Morgan fingerprint density at radius 2 is 1.74 bits per heavy atom. The molecule has 39 heavy (non-hydrogen) atoms. The Kier molecular flexibility index (Phi) is 7.77. The van der Waals surface area contributed by atoms with Crippen molar-refractivity contribution in [2.24, 2.45) is 0 Å². The Balaban J connectivity index is 1.59. The molecule has 1 N–H and O–H groups in total. The molecule has 1 saturated heterocycles. The van der Waals surface area contributed by atoms with Crippen molar-refractivity contribution < 1.29 is 23.1 Å². The van der Waals surface area contributed by atoms with E-state index in [2.05, 4.69) is 0 Å². The molecule has 204 valence electrons. The quantitative estimate of drug-likeness (QED) is 0.471. The van der Waals surface area contributed by atoms with Gasteiger partial charge in [-0.05, 0) is 54.4 Å². The molecule has 8 heteroatoms. The van der Waals surface area contributed by atoms with Crippen LogP contribution in [0, 0.1) is 11.6 Å². The van der Waals surface area contributed by atoms with E-state index in [4.69, 9.17) is 0 Å². The number of piperidine rings is 1. The Labute approximate surface area is 226 Å². The lowest BCUT2D eigenvalue weighted by Gasteiger charge is -2.45. The minimum atomic E-state index is -1.35. The van der Waals surface area contributed by atoms with E-state index in [0.29, 0.717) is 24.1 Å². The number of carbonyl (C=O) groups excluding carboxylic acids is 1. The molecule has 5 nitrogen and oxygen atoms in total. The average Bonchev–Trinajstić information content (AvgIpc) is 3.35. The predicted molar refractivity (Wildman–Crippen MR) is 144 cm³/mol. The number of likely N-dealkylation sites (tertiary alicyclic amines) is 1. The van der Waals surface area contributed by atoms with Gasteiger partial charge in [0.05, 0.1) is 12.6 Å². The SMILES string of the molecule is CN1CCC(N(Cc2ccccc2)C(=O)N2CC(c3cc(F)ccc3F)=C[C@@]2(CO)c2ccccc2)C(F)C1. The van der Waals surface area contributed by atoms with Crippen molar-refractivity contribution in [2.45, 2.75) is 30.7 Å². The van der Waals surface area contributed by atoms with Crippen molar-refractivity contribution >= 4 is 11.6 Å². The van der Waals surface area contributed by atoms with Gasteiger partial charge in [-0.3, -0.25) is 0 Å². The van der Waals surface area contributed by atoms with Crippen molar-refractivity contribution in [3.8, 4) is 0 Å². The third kappa shape index (κ3) is 5.31. The maximum atomic E-state index is 15.5. The largest absolute Gasteiger partial charge is 0.393 e. The topological polar surface area (TPSA) is 47.0 Å². The Morgan fingerprint density at radius 3 is 2.41 bits per heavy atom. The summed E-state index contributed by atoms with van der Waals surface area (Å²) in [7, 11) is 1.85. The van der Waals surface area contributed by atoms with Gasteiger partial charge in [0.25, 0.3) is 0 Å². The fourth-order valence-electron chi connectivity index (χ4n) is 5.71. The van der Waals surface area contributed by atoms with E-state index < -0.39 is 42.0 Å². The van der Waals surface area contributed by atoms with E-state index in [1.807, 2.05) is 48.3 Å². The molecule has 0 aromatic heterocycles. The second-order valence-electron chi connectivity index (χ2n) is 10.4. The van der Waals surface area contributed by atoms with Crippen LogP contribution in [0.25, 0.3) is 5.57 Å². The lowest BCUT2D eigenvalue weighted by molar-refractivity contribution is 0.0285. The van der Waals surface area contributed by atoms with Crippen LogP contribution >= 0.6 is 0 Å². The molecule has 0 radical (unpaired) electrons. The van der Waals surface area contributed by atoms with Crippen LogP contribution in [0.4, 0.5) is 18.0 Å². The molecule has 2 aliphatic heterocycles. The number of alkyl halides is 1. The van der Waals surface area contributed by atoms with Crippen LogP contribution in [0.5, 0.6) is 0 Å². The van der Waals surface area contributed by atoms with E-state index in [1.54, 1.807) is 35.2 Å². The van der Waals surface area contributed by atoms with E-state index >= 15 is 4.39 Å². The third-order valence-electron chi connectivity index (χ3n) is 7.80. The second kappa shape index (κ2) is 11.2. The number of aliphatic hydroxyl groups excluding tert-OH is 1. The number of hydrogen-bond acceptors (Lipinski definition) is 3. The summed E-state index contributed by atoms with van der Waals surface area (Å²) in [6, 6.07) is 20.4. The average molecular weight is 536 g/mol. The van der Waals surface area contributed by atoms with Gasteiger partial charge in [0.1, 0.15) is 23.3 Å². The molecule has 5 rings (SSSR count). The monoisotopic (exact) mass is 535 g/mol. The number of halogens is 3. The molecule has 2 heterocycles. The van der Waals surface area contributed by atoms with Crippen molar-refractivity contribution in [3.05, 3.63) is 113 Å². The maximum Gasteiger partial charge on any atom is 0.322 e. The van der Waals surface area contributed by atoms with Crippen molar-refractivity contribution in [2.75, 3.05) is 33.3 Å². The Morgan fingerprint density at radius 1 is 1.05 bits per heavy atom. The smallest absolute Gasteiger partial charge is 0.322 e. The first-order valence-electron chi connectivity index (χ1n) is 13.1. The molecule has 3 aromatic carbocycles. The summed E-state index contributed by atoms with van der Waals surface area (Å²) in [5, 5.41) is 10.8. The molecule has 0 spiro atoms. The normalized spacial score (nSPS) is 23.5. The van der Waals surface area contributed by atoms with Gasteiger partial charge < -0.3 is 19.8 Å². The molecule has 0 saturated carbocycles. The van der Waals surface area contributed by atoms with Crippen molar-refractivity contribution in [3.63, 3.8) is 0 Å². The van der Waals surface area contributed by atoms with Crippen LogP contribution in [-0.4, -0.2) is 71.3 Å². The van der Waals surface area contributed by atoms with E-state index in [-0.39, 0.29) is 25.2 Å². The molecule has 0 aliphatic carbocycles. The van der Waals surface area contributed by atoms with Gasteiger partial charge in [-0.2, -0.15) is 0 Å². The van der Waals surface area contributed by atoms with Crippen LogP contribution in [0.2, 0.25) is 0 Å². The highest BCUT2D eigenvalue weighted by Gasteiger charge is 2.48. The van der Waals surface area contributed by atoms with Gasteiger partial charge in [0.15, 0.2) is 0 Å². The third-order valence-corrected chi connectivity index (χ3v) is 7.80. The molecule has 1 fully saturated rings. The fraction of sp³-hybridized carbons (Fsp3) is 0.323. The van der Waals surface area contributed by atoms with E-state index in [1.165, 1.54) is 4.90 Å². The summed E-state index contributed by atoms with van der Waals surface area (Å²) in [4.78, 5) is 19.4. The highest BCUT2D eigenvalue weighted by atomic mass is 19.1. The van der Waals surface area contributed by atoms with E-state index in [9.17, 15) is 18.7 Å². The first kappa shape index (κ1) is 27.0. The number of amides is 2.